The lowest BCUT2D eigenvalue weighted by Crippen LogP contribution is -2.14. The van der Waals surface area contributed by atoms with Crippen molar-refractivity contribution in [2.45, 2.75) is 18.6 Å². The van der Waals surface area contributed by atoms with E-state index in [1.54, 1.807) is 18.4 Å². The molecule has 0 bridgehead atoms. The van der Waals surface area contributed by atoms with Crippen LogP contribution in [-0.2, 0) is 11.3 Å². The predicted molar refractivity (Wildman–Crippen MR) is 105 cm³/mol. The van der Waals surface area contributed by atoms with Crippen molar-refractivity contribution >= 4 is 29.0 Å². The number of hydrogen-bond donors (Lipinski definition) is 1. The topological polar surface area (TPSA) is 116 Å². The maximum atomic E-state index is 12.2. The van der Waals surface area contributed by atoms with E-state index in [9.17, 15) is 14.9 Å². The number of aryl methyl sites for hydroxylation is 1. The van der Waals surface area contributed by atoms with Gasteiger partial charge in [0.1, 0.15) is 5.76 Å². The Morgan fingerprint density at radius 1 is 1.43 bits per heavy atom. The summed E-state index contributed by atoms with van der Waals surface area (Å²) in [7, 11) is 0. The Hall–Kier alpha value is -3.40. The third kappa shape index (κ3) is 4.29. The number of rotatable bonds is 8. The molecule has 0 aliphatic heterocycles. The third-order valence-corrected chi connectivity index (χ3v) is 4.77. The first-order valence-electron chi connectivity index (χ1n) is 8.25. The van der Waals surface area contributed by atoms with Crippen LogP contribution in [0.4, 0.5) is 11.4 Å². The number of anilines is 1. The van der Waals surface area contributed by atoms with Crippen LogP contribution in [0.3, 0.4) is 0 Å². The van der Waals surface area contributed by atoms with Crippen LogP contribution < -0.4 is 5.32 Å². The van der Waals surface area contributed by atoms with Crippen LogP contribution in [0.2, 0.25) is 0 Å². The number of non-ortho nitro benzene ring substituents is 1. The van der Waals surface area contributed by atoms with Crippen molar-refractivity contribution in [1.82, 2.24) is 14.8 Å². The van der Waals surface area contributed by atoms with Gasteiger partial charge in [-0.25, -0.2) is 0 Å². The van der Waals surface area contributed by atoms with E-state index in [4.69, 9.17) is 4.42 Å². The maximum Gasteiger partial charge on any atom is 0.271 e. The second-order valence-corrected chi connectivity index (χ2v) is 6.68. The first-order valence-corrected chi connectivity index (χ1v) is 9.24. The van der Waals surface area contributed by atoms with Crippen molar-refractivity contribution in [2.24, 2.45) is 0 Å². The minimum absolute atomic E-state index is 0.0718. The highest BCUT2D eigenvalue weighted by atomic mass is 32.2. The summed E-state index contributed by atoms with van der Waals surface area (Å²) in [5.74, 6) is 1.12. The summed E-state index contributed by atoms with van der Waals surface area (Å²) in [5, 5.41) is 22.4. The normalized spacial score (nSPS) is 10.6. The minimum Gasteiger partial charge on any atom is -0.469 e. The monoisotopic (exact) mass is 399 g/mol. The van der Waals surface area contributed by atoms with Crippen LogP contribution >= 0.6 is 11.8 Å². The molecular weight excluding hydrogens is 382 g/mol. The number of furan rings is 1. The molecule has 0 radical (unpaired) electrons. The van der Waals surface area contributed by atoms with E-state index < -0.39 is 4.92 Å². The maximum absolute atomic E-state index is 12.2. The lowest BCUT2D eigenvalue weighted by Gasteiger charge is -2.08. The fourth-order valence-electron chi connectivity index (χ4n) is 2.53. The molecular formula is C18H17N5O4S. The van der Waals surface area contributed by atoms with Gasteiger partial charge in [0, 0.05) is 24.4 Å². The van der Waals surface area contributed by atoms with Crippen molar-refractivity contribution in [2.75, 3.05) is 11.1 Å². The molecule has 0 saturated heterocycles. The molecule has 2 heterocycles. The summed E-state index contributed by atoms with van der Waals surface area (Å²) in [6.07, 6.45) is 3.30. The van der Waals surface area contributed by atoms with Gasteiger partial charge in [-0.1, -0.05) is 23.9 Å². The first kappa shape index (κ1) is 19.4. The summed E-state index contributed by atoms with van der Waals surface area (Å²) in [6.45, 7) is 6.06. The van der Waals surface area contributed by atoms with E-state index >= 15 is 0 Å². The fourth-order valence-corrected chi connectivity index (χ4v) is 3.28. The van der Waals surface area contributed by atoms with Gasteiger partial charge in [0.05, 0.1) is 22.5 Å². The Balaban J connectivity index is 1.70. The Kier molecular flexibility index (Phi) is 5.90. The molecule has 0 spiro atoms. The van der Waals surface area contributed by atoms with Gasteiger partial charge < -0.3 is 9.73 Å². The highest BCUT2D eigenvalue weighted by Crippen LogP contribution is 2.27. The van der Waals surface area contributed by atoms with Crippen LogP contribution in [0.1, 0.15) is 5.76 Å². The number of carbonyl (C=O) groups is 1. The van der Waals surface area contributed by atoms with Crippen molar-refractivity contribution in [3.63, 3.8) is 0 Å². The number of hydrogen-bond acceptors (Lipinski definition) is 7. The smallest absolute Gasteiger partial charge is 0.271 e. The minimum atomic E-state index is -0.512. The summed E-state index contributed by atoms with van der Waals surface area (Å²) in [5.41, 5.74) is 1.10. The van der Waals surface area contributed by atoms with Gasteiger partial charge in [-0.3, -0.25) is 19.5 Å². The molecule has 144 valence electrons. The highest BCUT2D eigenvalue weighted by molar-refractivity contribution is 7.99. The molecule has 0 saturated carbocycles. The molecule has 28 heavy (non-hydrogen) atoms. The molecule has 0 unspecified atom stereocenters. The standard InChI is InChI=1S/C18H17N5O4S/c1-3-8-22-17(15-7-9-27-12(15)2)20-21-18(22)28-11-16(24)19-13-5-4-6-14(10-13)23(25)26/h3-7,9-10H,1,8,11H2,2H3,(H,19,24). The number of nitrogens with one attached hydrogen (secondary N) is 1. The summed E-state index contributed by atoms with van der Waals surface area (Å²) in [4.78, 5) is 22.5. The van der Waals surface area contributed by atoms with Crippen LogP contribution in [0.15, 0.2) is 58.8 Å². The van der Waals surface area contributed by atoms with Crippen LogP contribution in [0.5, 0.6) is 0 Å². The Bertz CT molecular complexity index is 1030. The molecule has 0 aliphatic carbocycles. The molecule has 3 aromatic rings. The summed E-state index contributed by atoms with van der Waals surface area (Å²) in [6, 6.07) is 7.59. The van der Waals surface area contributed by atoms with Gasteiger partial charge in [-0.2, -0.15) is 0 Å². The summed E-state index contributed by atoms with van der Waals surface area (Å²) < 4.78 is 7.17. The zero-order chi connectivity index (χ0) is 20.1. The Morgan fingerprint density at radius 3 is 2.93 bits per heavy atom. The number of nitro groups is 1. The van der Waals surface area contributed by atoms with E-state index in [-0.39, 0.29) is 17.3 Å². The molecule has 1 N–H and O–H groups in total. The van der Waals surface area contributed by atoms with Crippen molar-refractivity contribution in [3.8, 4) is 11.4 Å². The quantitative estimate of drug-likeness (QED) is 0.266. The molecule has 3 rings (SSSR count). The Morgan fingerprint density at radius 2 is 2.25 bits per heavy atom. The van der Waals surface area contributed by atoms with Gasteiger partial charge in [0.15, 0.2) is 11.0 Å². The van der Waals surface area contributed by atoms with Crippen LogP contribution in [0.25, 0.3) is 11.4 Å². The van der Waals surface area contributed by atoms with E-state index in [1.165, 1.54) is 30.0 Å². The lowest BCUT2D eigenvalue weighted by atomic mass is 10.2. The number of carbonyl (C=O) groups excluding carboxylic acids is 1. The zero-order valence-corrected chi connectivity index (χ0v) is 15.8. The number of nitrogens with zero attached hydrogens (tertiary/aromatic N) is 4. The number of amides is 1. The van der Waals surface area contributed by atoms with Crippen molar-refractivity contribution in [3.05, 3.63) is 65.1 Å². The molecule has 0 aliphatic rings. The highest BCUT2D eigenvalue weighted by Gasteiger charge is 2.18. The molecule has 0 atom stereocenters. The van der Waals surface area contributed by atoms with Gasteiger partial charge in [-0.15, -0.1) is 16.8 Å². The second kappa shape index (κ2) is 8.53. The molecule has 1 amide bonds. The van der Waals surface area contributed by atoms with Gasteiger partial charge >= 0.3 is 0 Å². The zero-order valence-electron chi connectivity index (χ0n) is 15.0. The average Bonchev–Trinajstić information content (AvgIpc) is 3.26. The summed E-state index contributed by atoms with van der Waals surface area (Å²) >= 11 is 1.21. The molecule has 10 heteroatoms. The molecule has 9 nitrogen and oxygen atoms in total. The SMILES string of the molecule is C=CCn1c(SCC(=O)Nc2cccc([N+](=O)[O-])c2)nnc1-c1ccoc1C. The molecule has 0 fully saturated rings. The number of aromatic nitrogens is 3. The second-order valence-electron chi connectivity index (χ2n) is 5.74. The van der Waals surface area contributed by atoms with Gasteiger partial charge in [0.25, 0.3) is 5.69 Å². The predicted octanol–water partition coefficient (Wildman–Crippen LogP) is 3.67. The van der Waals surface area contributed by atoms with Crippen molar-refractivity contribution < 1.29 is 14.1 Å². The van der Waals surface area contributed by atoms with Gasteiger partial charge in [-0.05, 0) is 19.1 Å². The number of thioether (sulfide) groups is 1. The Labute approximate surface area is 164 Å². The van der Waals surface area contributed by atoms with Crippen LogP contribution in [0, 0.1) is 17.0 Å². The van der Waals surface area contributed by atoms with Crippen molar-refractivity contribution in [1.29, 1.82) is 0 Å². The fraction of sp³-hybridized carbons (Fsp3) is 0.167. The molecule has 1 aromatic carbocycles. The average molecular weight is 399 g/mol. The largest absolute Gasteiger partial charge is 0.469 e. The number of allylic oxidation sites excluding steroid dienone is 1. The molecule has 2 aromatic heterocycles. The number of nitro benzene ring substituents is 1. The van der Waals surface area contributed by atoms with E-state index in [2.05, 4.69) is 22.1 Å². The number of benzene rings is 1. The lowest BCUT2D eigenvalue weighted by molar-refractivity contribution is -0.384. The van der Waals surface area contributed by atoms with E-state index in [1.807, 2.05) is 17.6 Å². The van der Waals surface area contributed by atoms with Gasteiger partial charge in [0.2, 0.25) is 5.91 Å². The third-order valence-electron chi connectivity index (χ3n) is 3.80. The van der Waals surface area contributed by atoms with E-state index in [0.717, 1.165) is 11.3 Å². The van der Waals surface area contributed by atoms with E-state index in [0.29, 0.717) is 23.2 Å². The first-order chi connectivity index (χ1) is 13.5. The van der Waals surface area contributed by atoms with Crippen LogP contribution in [-0.4, -0.2) is 31.3 Å².